The molecule has 1 amide bonds. The van der Waals surface area contributed by atoms with Crippen LogP contribution in [0.3, 0.4) is 0 Å². The molecule has 0 N–H and O–H groups in total. The second-order valence-corrected chi connectivity index (χ2v) is 6.09. The van der Waals surface area contributed by atoms with E-state index in [1.54, 1.807) is 24.3 Å². The minimum atomic E-state index is -0.0932. The van der Waals surface area contributed by atoms with Gasteiger partial charge in [-0.1, -0.05) is 12.1 Å². The zero-order valence-electron chi connectivity index (χ0n) is 13.1. The predicted octanol–water partition coefficient (Wildman–Crippen LogP) is 2.26. The van der Waals surface area contributed by atoms with Crippen LogP contribution in [0.1, 0.15) is 10.6 Å². The van der Waals surface area contributed by atoms with Crippen LogP contribution in [-0.2, 0) is 0 Å². The van der Waals surface area contributed by atoms with Crippen LogP contribution in [0.15, 0.2) is 34.9 Å². The average molecular weight is 344 g/mol. The van der Waals surface area contributed by atoms with Crippen LogP contribution in [0.2, 0.25) is 0 Å². The van der Waals surface area contributed by atoms with E-state index in [0.717, 1.165) is 24.3 Å². The molecular weight excluding hydrogens is 328 g/mol. The molecule has 1 aromatic carbocycles. The lowest BCUT2D eigenvalue weighted by Crippen LogP contribution is -2.48. The lowest BCUT2D eigenvalue weighted by molar-refractivity contribution is 0.0717. The highest BCUT2D eigenvalue weighted by Crippen LogP contribution is 2.29. The van der Waals surface area contributed by atoms with Crippen molar-refractivity contribution >= 4 is 34.4 Å². The summed E-state index contributed by atoms with van der Waals surface area (Å²) in [5.74, 6) is 1.76. The molecular formula is C16H16N4O3S. The Morgan fingerprint density at radius 1 is 1.29 bits per heavy atom. The van der Waals surface area contributed by atoms with E-state index in [0.29, 0.717) is 30.2 Å². The van der Waals surface area contributed by atoms with E-state index in [-0.39, 0.29) is 5.91 Å². The maximum atomic E-state index is 12.7. The smallest absolute Gasteiger partial charge is 0.289 e. The van der Waals surface area contributed by atoms with E-state index in [9.17, 15) is 4.79 Å². The number of para-hydroxylation sites is 1. The second-order valence-electron chi connectivity index (χ2n) is 5.53. The highest BCUT2D eigenvalue weighted by molar-refractivity contribution is 6.99. The van der Waals surface area contributed by atoms with Crippen LogP contribution in [0.5, 0.6) is 5.75 Å². The van der Waals surface area contributed by atoms with Gasteiger partial charge in [0.15, 0.2) is 22.9 Å². The summed E-state index contributed by atoms with van der Waals surface area (Å²) < 4.78 is 19.3. The molecule has 2 aromatic heterocycles. The van der Waals surface area contributed by atoms with Crippen molar-refractivity contribution in [3.8, 4) is 5.75 Å². The fourth-order valence-corrected chi connectivity index (χ4v) is 3.33. The Morgan fingerprint density at radius 3 is 2.83 bits per heavy atom. The zero-order chi connectivity index (χ0) is 16.5. The van der Waals surface area contributed by atoms with Gasteiger partial charge >= 0.3 is 0 Å². The number of anilines is 1. The number of methoxy groups -OCH3 is 1. The molecule has 8 heteroatoms. The number of fused-ring (bicyclic) bond motifs is 1. The third-order valence-electron chi connectivity index (χ3n) is 4.18. The number of ether oxygens (including phenoxy) is 1. The van der Waals surface area contributed by atoms with Crippen LogP contribution in [-0.4, -0.2) is 52.8 Å². The Labute approximate surface area is 142 Å². The normalized spacial score (nSPS) is 15.0. The monoisotopic (exact) mass is 344 g/mol. The Kier molecular flexibility index (Phi) is 3.81. The number of rotatable bonds is 3. The van der Waals surface area contributed by atoms with Crippen molar-refractivity contribution in [1.82, 2.24) is 13.6 Å². The quantitative estimate of drug-likeness (QED) is 0.726. The number of carbonyl (C=O) groups is 1. The van der Waals surface area contributed by atoms with Crippen molar-refractivity contribution in [3.63, 3.8) is 0 Å². The Bertz CT molecular complexity index is 853. The molecule has 7 nitrogen and oxygen atoms in total. The molecule has 124 valence electrons. The molecule has 1 saturated heterocycles. The van der Waals surface area contributed by atoms with E-state index < -0.39 is 0 Å². The van der Waals surface area contributed by atoms with Gasteiger partial charge in [-0.25, -0.2) is 0 Å². The SMILES string of the molecule is COc1cccc2cc(C(=O)N3CCN(c4cnsn4)CC3)oc12. The predicted molar refractivity (Wildman–Crippen MR) is 90.8 cm³/mol. The maximum absolute atomic E-state index is 12.7. The fourth-order valence-electron chi connectivity index (χ4n) is 2.90. The van der Waals surface area contributed by atoms with E-state index in [1.165, 1.54) is 11.7 Å². The number of carbonyl (C=O) groups excluding carboxylic acids is 1. The molecule has 1 aliphatic heterocycles. The Morgan fingerprint density at radius 2 is 2.12 bits per heavy atom. The number of benzene rings is 1. The fraction of sp³-hybridized carbons (Fsp3) is 0.312. The van der Waals surface area contributed by atoms with E-state index in [4.69, 9.17) is 9.15 Å². The van der Waals surface area contributed by atoms with Crippen LogP contribution in [0.4, 0.5) is 5.82 Å². The number of amides is 1. The topological polar surface area (TPSA) is 71.7 Å². The number of aromatic nitrogens is 2. The van der Waals surface area contributed by atoms with Crippen molar-refractivity contribution in [2.75, 3.05) is 38.2 Å². The first kappa shape index (κ1) is 14.9. The number of hydrogen-bond acceptors (Lipinski definition) is 7. The van der Waals surface area contributed by atoms with Gasteiger partial charge < -0.3 is 19.0 Å². The lowest BCUT2D eigenvalue weighted by atomic mass is 10.2. The zero-order valence-corrected chi connectivity index (χ0v) is 14.0. The van der Waals surface area contributed by atoms with Crippen molar-refractivity contribution in [3.05, 3.63) is 36.2 Å². The van der Waals surface area contributed by atoms with Crippen LogP contribution in [0.25, 0.3) is 11.0 Å². The van der Waals surface area contributed by atoms with E-state index in [1.807, 2.05) is 18.2 Å². The number of hydrogen-bond donors (Lipinski definition) is 0. The molecule has 1 fully saturated rings. The van der Waals surface area contributed by atoms with Gasteiger partial charge in [-0.05, 0) is 12.1 Å². The van der Waals surface area contributed by atoms with Crippen molar-refractivity contribution in [2.24, 2.45) is 0 Å². The molecule has 0 atom stereocenters. The highest BCUT2D eigenvalue weighted by atomic mass is 32.1. The summed E-state index contributed by atoms with van der Waals surface area (Å²) in [4.78, 5) is 16.6. The van der Waals surface area contributed by atoms with Crippen LogP contribution >= 0.6 is 11.7 Å². The standard InChI is InChI=1S/C16H16N4O3S/c1-22-12-4-2-3-11-9-13(23-15(11)12)16(21)20-7-5-19(6-8-20)14-10-17-24-18-14/h2-4,9-10H,5-8H2,1H3. The molecule has 4 rings (SSSR count). The molecule has 24 heavy (non-hydrogen) atoms. The summed E-state index contributed by atoms with van der Waals surface area (Å²) in [6.45, 7) is 2.73. The lowest BCUT2D eigenvalue weighted by Gasteiger charge is -2.34. The van der Waals surface area contributed by atoms with Gasteiger partial charge in [0.05, 0.1) is 25.0 Å². The molecule has 0 aliphatic carbocycles. The van der Waals surface area contributed by atoms with Crippen LogP contribution in [0, 0.1) is 0 Å². The van der Waals surface area contributed by atoms with Crippen LogP contribution < -0.4 is 9.64 Å². The third kappa shape index (κ3) is 2.58. The first-order valence-corrected chi connectivity index (χ1v) is 8.37. The van der Waals surface area contributed by atoms with Gasteiger partial charge in [0.25, 0.3) is 5.91 Å². The number of piperazine rings is 1. The first-order chi connectivity index (χ1) is 11.8. The third-order valence-corrected chi connectivity index (χ3v) is 4.65. The largest absolute Gasteiger partial charge is 0.493 e. The minimum Gasteiger partial charge on any atom is -0.493 e. The van der Waals surface area contributed by atoms with Gasteiger partial charge in [0.1, 0.15) is 0 Å². The summed E-state index contributed by atoms with van der Waals surface area (Å²) in [5.41, 5.74) is 0.607. The Hall–Kier alpha value is -2.61. The number of furan rings is 1. The van der Waals surface area contributed by atoms with Gasteiger partial charge in [-0.2, -0.15) is 8.75 Å². The summed E-state index contributed by atoms with van der Waals surface area (Å²) in [7, 11) is 1.59. The molecule has 0 bridgehead atoms. The molecule has 3 heterocycles. The highest BCUT2D eigenvalue weighted by Gasteiger charge is 2.25. The molecule has 0 radical (unpaired) electrons. The Balaban J connectivity index is 1.50. The molecule has 3 aromatic rings. The van der Waals surface area contributed by atoms with Gasteiger partial charge in [0.2, 0.25) is 0 Å². The van der Waals surface area contributed by atoms with Gasteiger partial charge in [-0.15, -0.1) is 0 Å². The van der Waals surface area contributed by atoms with Crippen molar-refractivity contribution < 1.29 is 13.9 Å². The number of nitrogens with zero attached hydrogens (tertiary/aromatic N) is 4. The first-order valence-electron chi connectivity index (χ1n) is 7.64. The van der Waals surface area contributed by atoms with Gasteiger partial charge in [0, 0.05) is 31.6 Å². The minimum absolute atomic E-state index is 0.0932. The summed E-state index contributed by atoms with van der Waals surface area (Å²) in [6.07, 6.45) is 1.76. The molecule has 1 aliphatic rings. The van der Waals surface area contributed by atoms with Crippen molar-refractivity contribution in [2.45, 2.75) is 0 Å². The molecule has 0 spiro atoms. The molecule has 0 unspecified atom stereocenters. The summed E-state index contributed by atoms with van der Waals surface area (Å²) in [6, 6.07) is 7.38. The van der Waals surface area contributed by atoms with E-state index >= 15 is 0 Å². The van der Waals surface area contributed by atoms with Gasteiger partial charge in [-0.3, -0.25) is 4.79 Å². The average Bonchev–Trinajstić information content (AvgIpc) is 3.30. The second kappa shape index (κ2) is 6.12. The summed E-state index contributed by atoms with van der Waals surface area (Å²) in [5, 5.41) is 0.866. The van der Waals surface area contributed by atoms with E-state index in [2.05, 4.69) is 13.6 Å². The molecule has 0 saturated carbocycles. The maximum Gasteiger partial charge on any atom is 0.289 e. The van der Waals surface area contributed by atoms with Crippen molar-refractivity contribution in [1.29, 1.82) is 0 Å². The summed E-state index contributed by atoms with van der Waals surface area (Å²) >= 11 is 1.19.